The molecule has 0 aliphatic carbocycles. The monoisotopic (exact) mass is 227 g/mol. The van der Waals surface area contributed by atoms with Gasteiger partial charge in [-0.15, -0.1) is 0 Å². The summed E-state index contributed by atoms with van der Waals surface area (Å²) in [4.78, 5) is 8.62. The van der Waals surface area contributed by atoms with E-state index in [1.165, 1.54) is 0 Å². The van der Waals surface area contributed by atoms with Gasteiger partial charge in [0.25, 0.3) is 0 Å². The lowest BCUT2D eigenvalue weighted by atomic mass is 10.2. The third-order valence-electron chi connectivity index (χ3n) is 2.69. The van der Waals surface area contributed by atoms with Crippen molar-refractivity contribution >= 4 is 0 Å². The van der Waals surface area contributed by atoms with E-state index in [2.05, 4.69) is 22.2 Å². The smallest absolute Gasteiger partial charge is 0.0570 e. The van der Waals surface area contributed by atoms with Crippen molar-refractivity contribution in [2.75, 3.05) is 6.54 Å². The molecule has 3 heteroatoms. The Morgan fingerprint density at radius 1 is 1.06 bits per heavy atom. The second kappa shape index (κ2) is 6.11. The zero-order chi connectivity index (χ0) is 11.9. The van der Waals surface area contributed by atoms with Gasteiger partial charge >= 0.3 is 0 Å². The van der Waals surface area contributed by atoms with E-state index in [1.807, 2.05) is 48.8 Å². The lowest BCUT2D eigenvalue weighted by Crippen LogP contribution is -2.22. The minimum absolute atomic E-state index is 0.278. The van der Waals surface area contributed by atoms with Gasteiger partial charge in [0.1, 0.15) is 0 Å². The van der Waals surface area contributed by atoms with Gasteiger partial charge in [0, 0.05) is 37.1 Å². The second-order valence-electron chi connectivity index (χ2n) is 4.00. The third kappa shape index (κ3) is 3.64. The molecule has 2 heterocycles. The van der Waals surface area contributed by atoms with Gasteiger partial charge in [-0.2, -0.15) is 0 Å². The Bertz CT molecular complexity index is 428. The van der Waals surface area contributed by atoms with Crippen LogP contribution in [-0.4, -0.2) is 16.5 Å². The van der Waals surface area contributed by atoms with Crippen LogP contribution in [0.1, 0.15) is 24.4 Å². The van der Waals surface area contributed by atoms with Crippen LogP contribution in [-0.2, 0) is 6.42 Å². The first-order valence-corrected chi connectivity index (χ1v) is 5.90. The number of nitrogens with one attached hydrogen (secondary N) is 1. The highest BCUT2D eigenvalue weighted by molar-refractivity contribution is 5.08. The fraction of sp³-hybridized carbons (Fsp3) is 0.286. The van der Waals surface area contributed by atoms with Crippen LogP contribution in [0.25, 0.3) is 0 Å². The highest BCUT2D eigenvalue weighted by Gasteiger charge is 2.04. The van der Waals surface area contributed by atoms with Crippen LogP contribution in [0.3, 0.4) is 0 Å². The predicted octanol–water partition coefficient (Wildman–Crippen LogP) is 2.37. The molecule has 0 aliphatic rings. The Labute approximate surface area is 102 Å². The Balaban J connectivity index is 1.79. The standard InChI is InChI=1S/C14H17N3/c1-12(14-7-3-5-10-17-14)15-11-8-13-6-2-4-9-16-13/h2-7,9-10,12,15H,8,11H2,1H3/t12-/m0/s1. The summed E-state index contributed by atoms with van der Waals surface area (Å²) < 4.78 is 0. The van der Waals surface area contributed by atoms with Gasteiger partial charge in [0.2, 0.25) is 0 Å². The molecule has 0 bridgehead atoms. The lowest BCUT2D eigenvalue weighted by molar-refractivity contribution is 0.561. The first kappa shape index (κ1) is 11.7. The SMILES string of the molecule is C[C@H](NCCc1ccccn1)c1ccccn1. The summed E-state index contributed by atoms with van der Waals surface area (Å²) in [6.45, 7) is 3.04. The van der Waals surface area contributed by atoms with Crippen molar-refractivity contribution in [1.82, 2.24) is 15.3 Å². The molecule has 0 radical (unpaired) electrons. The quantitative estimate of drug-likeness (QED) is 0.852. The Morgan fingerprint density at radius 2 is 1.82 bits per heavy atom. The van der Waals surface area contributed by atoms with Gasteiger partial charge < -0.3 is 5.32 Å². The number of aromatic nitrogens is 2. The summed E-state index contributed by atoms with van der Waals surface area (Å²) >= 11 is 0. The van der Waals surface area contributed by atoms with Crippen molar-refractivity contribution < 1.29 is 0 Å². The minimum atomic E-state index is 0.278. The predicted molar refractivity (Wildman–Crippen MR) is 68.6 cm³/mol. The van der Waals surface area contributed by atoms with Gasteiger partial charge in [0.05, 0.1) is 5.69 Å². The summed E-state index contributed by atoms with van der Waals surface area (Å²) in [5.41, 5.74) is 2.20. The molecule has 1 atom stereocenters. The Morgan fingerprint density at radius 3 is 2.47 bits per heavy atom. The molecule has 0 amide bonds. The van der Waals surface area contributed by atoms with Gasteiger partial charge in [-0.3, -0.25) is 9.97 Å². The average Bonchev–Trinajstić information content (AvgIpc) is 2.41. The molecule has 2 rings (SSSR count). The van der Waals surface area contributed by atoms with Gasteiger partial charge in [-0.1, -0.05) is 12.1 Å². The topological polar surface area (TPSA) is 37.8 Å². The molecule has 0 aliphatic heterocycles. The van der Waals surface area contributed by atoms with Crippen LogP contribution in [0, 0.1) is 0 Å². The van der Waals surface area contributed by atoms with Crippen LogP contribution in [0.5, 0.6) is 0 Å². The molecule has 0 spiro atoms. The van der Waals surface area contributed by atoms with Crippen LogP contribution in [0.2, 0.25) is 0 Å². The molecule has 0 aromatic carbocycles. The van der Waals surface area contributed by atoms with E-state index in [9.17, 15) is 0 Å². The summed E-state index contributed by atoms with van der Waals surface area (Å²) in [6.07, 6.45) is 4.60. The van der Waals surface area contributed by atoms with E-state index in [0.717, 1.165) is 24.4 Å². The molecule has 0 saturated heterocycles. The summed E-state index contributed by atoms with van der Waals surface area (Å²) in [6, 6.07) is 12.3. The molecule has 1 N–H and O–H groups in total. The van der Waals surface area contributed by atoms with Gasteiger partial charge in [-0.25, -0.2) is 0 Å². The number of hydrogen-bond acceptors (Lipinski definition) is 3. The fourth-order valence-corrected chi connectivity index (χ4v) is 1.70. The number of pyridine rings is 2. The van der Waals surface area contributed by atoms with E-state index in [-0.39, 0.29) is 6.04 Å². The first-order chi connectivity index (χ1) is 8.36. The molecule has 2 aromatic rings. The van der Waals surface area contributed by atoms with E-state index < -0.39 is 0 Å². The van der Waals surface area contributed by atoms with Crippen LogP contribution in [0.15, 0.2) is 48.8 Å². The van der Waals surface area contributed by atoms with Gasteiger partial charge in [0.15, 0.2) is 0 Å². The van der Waals surface area contributed by atoms with Gasteiger partial charge in [-0.05, 0) is 31.2 Å². The van der Waals surface area contributed by atoms with Crippen molar-refractivity contribution in [2.24, 2.45) is 0 Å². The van der Waals surface area contributed by atoms with Crippen molar-refractivity contribution in [1.29, 1.82) is 0 Å². The average molecular weight is 227 g/mol. The lowest BCUT2D eigenvalue weighted by Gasteiger charge is -2.12. The molecular weight excluding hydrogens is 210 g/mol. The minimum Gasteiger partial charge on any atom is -0.308 e. The summed E-state index contributed by atoms with van der Waals surface area (Å²) in [5, 5.41) is 3.44. The molecule has 0 fully saturated rings. The van der Waals surface area contributed by atoms with Crippen LogP contribution in [0.4, 0.5) is 0 Å². The molecule has 2 aromatic heterocycles. The maximum Gasteiger partial charge on any atom is 0.0570 e. The molecular formula is C14H17N3. The maximum atomic E-state index is 4.33. The fourth-order valence-electron chi connectivity index (χ4n) is 1.70. The highest BCUT2D eigenvalue weighted by Crippen LogP contribution is 2.07. The van der Waals surface area contributed by atoms with Crippen molar-refractivity contribution in [3.8, 4) is 0 Å². The van der Waals surface area contributed by atoms with Crippen molar-refractivity contribution in [2.45, 2.75) is 19.4 Å². The number of rotatable bonds is 5. The zero-order valence-electron chi connectivity index (χ0n) is 10.0. The van der Waals surface area contributed by atoms with E-state index in [1.54, 1.807) is 0 Å². The molecule has 0 saturated carbocycles. The molecule has 17 heavy (non-hydrogen) atoms. The Hall–Kier alpha value is -1.74. The van der Waals surface area contributed by atoms with Crippen molar-refractivity contribution in [3.05, 3.63) is 60.2 Å². The third-order valence-corrected chi connectivity index (χ3v) is 2.69. The Kier molecular flexibility index (Phi) is 4.22. The largest absolute Gasteiger partial charge is 0.308 e. The normalized spacial score (nSPS) is 12.3. The zero-order valence-corrected chi connectivity index (χ0v) is 10.0. The van der Waals surface area contributed by atoms with E-state index in [0.29, 0.717) is 0 Å². The summed E-state index contributed by atoms with van der Waals surface area (Å²) in [7, 11) is 0. The number of hydrogen-bond donors (Lipinski definition) is 1. The molecule has 88 valence electrons. The maximum absolute atomic E-state index is 4.33. The van der Waals surface area contributed by atoms with E-state index in [4.69, 9.17) is 0 Å². The number of nitrogens with zero attached hydrogens (tertiary/aromatic N) is 2. The van der Waals surface area contributed by atoms with E-state index >= 15 is 0 Å². The molecule has 0 unspecified atom stereocenters. The van der Waals surface area contributed by atoms with Crippen molar-refractivity contribution in [3.63, 3.8) is 0 Å². The second-order valence-corrected chi connectivity index (χ2v) is 4.00. The van der Waals surface area contributed by atoms with Crippen LogP contribution >= 0.6 is 0 Å². The molecule has 3 nitrogen and oxygen atoms in total. The summed E-state index contributed by atoms with van der Waals surface area (Å²) in [5.74, 6) is 0. The first-order valence-electron chi connectivity index (χ1n) is 5.90. The van der Waals surface area contributed by atoms with Crippen LogP contribution < -0.4 is 5.32 Å². The highest BCUT2D eigenvalue weighted by atomic mass is 14.9.